The highest BCUT2D eigenvalue weighted by Gasteiger charge is 2.50. The van der Waals surface area contributed by atoms with E-state index in [1.807, 2.05) is 78.9 Å². The van der Waals surface area contributed by atoms with Crippen molar-refractivity contribution in [2.24, 2.45) is 11.7 Å². The first-order valence-corrected chi connectivity index (χ1v) is 22.8. The number of nitrogens with two attached hydrogens (primary N) is 1. The zero-order valence-electron chi connectivity index (χ0n) is 37.2. The third-order valence-electron chi connectivity index (χ3n) is 11.1. The quantitative estimate of drug-likeness (QED) is 0.0259. The topological polar surface area (TPSA) is 173 Å². The van der Waals surface area contributed by atoms with Crippen LogP contribution >= 0.6 is 8.53 Å². The number of rotatable bonds is 25. The van der Waals surface area contributed by atoms with E-state index in [1.54, 1.807) is 14.2 Å². The molecule has 63 heavy (non-hydrogen) atoms. The first-order valence-electron chi connectivity index (χ1n) is 21.6. The predicted molar refractivity (Wildman–Crippen MR) is 244 cm³/mol. The number of H-pyrrole nitrogens is 1. The summed E-state index contributed by atoms with van der Waals surface area (Å²) in [5.74, 6) is 0.977. The van der Waals surface area contributed by atoms with Gasteiger partial charge in [0.1, 0.15) is 42.1 Å². The van der Waals surface area contributed by atoms with Crippen molar-refractivity contribution in [3.63, 3.8) is 0 Å². The molecule has 0 aliphatic carbocycles. The van der Waals surface area contributed by atoms with Crippen molar-refractivity contribution in [3.05, 3.63) is 140 Å². The number of methoxy groups -OCH3 is 2. The van der Waals surface area contributed by atoms with Gasteiger partial charge in [0.05, 0.1) is 20.8 Å². The van der Waals surface area contributed by atoms with Crippen LogP contribution in [0.5, 0.6) is 11.5 Å². The Morgan fingerprint density at radius 1 is 0.889 bits per heavy atom. The number of primary amides is 1. The molecule has 5 atom stereocenters. The second kappa shape index (κ2) is 24.1. The lowest BCUT2D eigenvalue weighted by Gasteiger charge is -2.39. The Balaban J connectivity index is 1.62. The molecule has 0 bridgehead atoms. The molecule has 2 heterocycles. The van der Waals surface area contributed by atoms with E-state index in [4.69, 9.17) is 40.3 Å². The molecule has 2 unspecified atom stereocenters. The number of unbranched alkanes of at least 4 members (excludes halogenated alkanes) is 4. The molecule has 340 valence electrons. The average molecular weight is 887 g/mol. The Labute approximate surface area is 372 Å². The number of hydrogen-bond donors (Lipinski definition) is 3. The molecule has 4 N–H and O–H groups in total. The predicted octanol–water partition coefficient (Wildman–Crippen LogP) is 7.75. The van der Waals surface area contributed by atoms with Gasteiger partial charge in [-0.25, -0.2) is 20.8 Å². The van der Waals surface area contributed by atoms with E-state index in [2.05, 4.69) is 47.5 Å². The van der Waals surface area contributed by atoms with E-state index in [1.165, 1.54) is 16.8 Å². The Kier molecular flexibility index (Phi) is 18.7. The summed E-state index contributed by atoms with van der Waals surface area (Å²) in [6.45, 7) is 16.7. The van der Waals surface area contributed by atoms with E-state index < -0.39 is 55.8 Å². The Morgan fingerprint density at radius 2 is 1.48 bits per heavy atom. The molecule has 1 aliphatic heterocycles. The molecule has 1 fully saturated rings. The summed E-state index contributed by atoms with van der Waals surface area (Å²) in [7, 11) is 1.49. The maximum absolute atomic E-state index is 13.6. The minimum atomic E-state index is -1.76. The van der Waals surface area contributed by atoms with Gasteiger partial charge in [-0.1, -0.05) is 80.3 Å². The molecule has 2 amide bonds. The van der Waals surface area contributed by atoms with E-state index >= 15 is 0 Å². The van der Waals surface area contributed by atoms with Crippen molar-refractivity contribution in [2.45, 2.75) is 102 Å². The summed E-state index contributed by atoms with van der Waals surface area (Å²) in [6, 6.07) is 26.4. The molecular formula is C47H63N6O9P. The summed E-state index contributed by atoms with van der Waals surface area (Å²) in [4.78, 5) is 43.1. The lowest BCUT2D eigenvalue weighted by molar-refractivity contribution is -0.0933. The number of urea groups is 1. The number of ether oxygens (including phenoxy) is 4. The molecular weight excluding hydrogens is 824 g/mol. The summed E-state index contributed by atoms with van der Waals surface area (Å²) in [5.41, 5.74) is 5.48. The van der Waals surface area contributed by atoms with Gasteiger partial charge in [-0.3, -0.25) is 14.3 Å². The number of aromatic nitrogens is 2. The molecule has 5 rings (SSSR count). The summed E-state index contributed by atoms with van der Waals surface area (Å²) >= 11 is 0. The fraction of sp³-hybridized carbons (Fsp3) is 0.489. The molecule has 4 aromatic rings. The van der Waals surface area contributed by atoms with E-state index in [-0.39, 0.29) is 31.8 Å². The first-order chi connectivity index (χ1) is 30.4. The SMILES string of the molecule is [C-]#[N+]CCOP(O[C@@H]1C(CCCCCCCNC(N)=O)[C@H](n2ccc(=O)[nH]c2=O)O[C@@H]1COC(c1ccccc1)(c1ccc(OC)cc1)c1ccc(OC)cc1)N(C(C)C)C(C)C. The van der Waals surface area contributed by atoms with Gasteiger partial charge in [0.2, 0.25) is 6.54 Å². The van der Waals surface area contributed by atoms with Gasteiger partial charge in [-0.15, -0.1) is 0 Å². The molecule has 0 radical (unpaired) electrons. The van der Waals surface area contributed by atoms with Gasteiger partial charge in [-0.05, 0) is 81.5 Å². The van der Waals surface area contributed by atoms with Crippen molar-refractivity contribution in [2.75, 3.05) is 40.5 Å². The van der Waals surface area contributed by atoms with Crippen molar-refractivity contribution >= 4 is 14.6 Å². The van der Waals surface area contributed by atoms with E-state index in [0.717, 1.165) is 48.8 Å². The molecule has 1 aliphatic rings. The number of hydrogen-bond acceptors (Lipinski definition) is 10. The van der Waals surface area contributed by atoms with Crippen LogP contribution in [0.4, 0.5) is 4.79 Å². The molecule has 16 heteroatoms. The number of aromatic amines is 1. The van der Waals surface area contributed by atoms with Gasteiger partial charge < -0.3 is 43.9 Å². The van der Waals surface area contributed by atoms with Crippen LogP contribution in [0.1, 0.15) is 89.1 Å². The summed E-state index contributed by atoms with van der Waals surface area (Å²) < 4.78 is 42.9. The van der Waals surface area contributed by atoms with Crippen molar-refractivity contribution in [3.8, 4) is 11.5 Å². The molecule has 1 saturated heterocycles. The lowest BCUT2D eigenvalue weighted by atomic mass is 9.80. The number of carbonyl (C=O) groups excluding carboxylic acids is 1. The lowest BCUT2D eigenvalue weighted by Crippen LogP contribution is -2.41. The van der Waals surface area contributed by atoms with Crippen LogP contribution in [-0.4, -0.2) is 85.1 Å². The van der Waals surface area contributed by atoms with E-state index in [9.17, 15) is 14.4 Å². The largest absolute Gasteiger partial charge is 0.497 e. The fourth-order valence-electron chi connectivity index (χ4n) is 8.20. The van der Waals surface area contributed by atoms with E-state index in [0.29, 0.717) is 24.5 Å². The minimum Gasteiger partial charge on any atom is -0.497 e. The average Bonchev–Trinajstić information content (AvgIpc) is 3.60. The van der Waals surface area contributed by atoms with Crippen LogP contribution in [0.2, 0.25) is 0 Å². The third-order valence-corrected chi connectivity index (χ3v) is 13.2. The Morgan fingerprint density at radius 3 is 2.03 bits per heavy atom. The smallest absolute Gasteiger partial charge is 0.330 e. The number of nitrogens with one attached hydrogen (secondary N) is 2. The van der Waals surface area contributed by atoms with Crippen LogP contribution in [0.15, 0.2) is 101 Å². The first kappa shape index (κ1) is 49.0. The van der Waals surface area contributed by atoms with Gasteiger partial charge in [0, 0.05) is 36.8 Å². The maximum atomic E-state index is 13.6. The van der Waals surface area contributed by atoms with Gasteiger partial charge in [-0.2, -0.15) is 0 Å². The Bertz CT molecular complexity index is 2110. The minimum absolute atomic E-state index is 0.00414. The second-order valence-corrected chi connectivity index (χ2v) is 17.4. The molecule has 1 aromatic heterocycles. The van der Waals surface area contributed by atoms with Crippen LogP contribution in [0.3, 0.4) is 0 Å². The van der Waals surface area contributed by atoms with Crippen LogP contribution in [0.25, 0.3) is 4.85 Å². The zero-order valence-corrected chi connectivity index (χ0v) is 38.1. The fourth-order valence-corrected chi connectivity index (χ4v) is 10.00. The van der Waals surface area contributed by atoms with Crippen LogP contribution < -0.4 is 31.8 Å². The number of nitrogens with zero attached hydrogens (tertiary/aromatic N) is 3. The molecule has 15 nitrogen and oxygen atoms in total. The normalized spacial score (nSPS) is 18.1. The standard InChI is InChI=1S/C47H63N6O9P/c1-33(2)53(34(3)4)63(60-31-29-49-5)62-43-40(18-14-9-8-10-15-28-50-45(48)55)44(52-30-27-42(54)51-46(52)56)61-41(43)32-59-47(35-16-12-11-13-17-35,36-19-23-38(57-6)24-20-36)37-21-25-39(58-7)26-22-37/h11-13,16-17,19-27,30,33-34,40-41,43-44H,8-10,14-15,18,28-29,31-32H2,1-4,6-7H3,(H3,48,50,55)(H,51,54,56)/t40?,41-,43-,44-,63?/m1/s1. The number of amides is 2. The molecule has 0 saturated carbocycles. The number of benzene rings is 3. The van der Waals surface area contributed by atoms with Crippen molar-refractivity contribution < 1.29 is 32.8 Å². The van der Waals surface area contributed by atoms with Gasteiger partial charge in [0.15, 0.2) is 0 Å². The Hall–Kier alpha value is -5.07. The van der Waals surface area contributed by atoms with Crippen molar-refractivity contribution in [1.82, 2.24) is 19.5 Å². The highest BCUT2D eigenvalue weighted by molar-refractivity contribution is 7.44. The van der Waals surface area contributed by atoms with Crippen molar-refractivity contribution in [1.29, 1.82) is 0 Å². The van der Waals surface area contributed by atoms with Crippen LogP contribution in [0, 0.1) is 12.5 Å². The third kappa shape index (κ3) is 12.8. The molecule has 3 aromatic carbocycles. The highest BCUT2D eigenvalue weighted by Crippen LogP contribution is 2.53. The number of carbonyl (C=O) groups is 1. The molecule has 0 spiro atoms. The van der Waals surface area contributed by atoms with Gasteiger partial charge in [0.25, 0.3) is 14.1 Å². The monoisotopic (exact) mass is 886 g/mol. The van der Waals surface area contributed by atoms with Crippen LogP contribution in [-0.2, 0) is 24.1 Å². The summed E-state index contributed by atoms with van der Waals surface area (Å²) in [5, 5.41) is 2.64. The second-order valence-electron chi connectivity index (χ2n) is 16.0. The zero-order chi connectivity index (χ0) is 45.4. The summed E-state index contributed by atoms with van der Waals surface area (Å²) in [6.07, 6.45) is 4.07. The highest BCUT2D eigenvalue weighted by atomic mass is 31.2. The van der Waals surface area contributed by atoms with Gasteiger partial charge >= 0.3 is 11.7 Å². The maximum Gasteiger partial charge on any atom is 0.330 e.